The highest BCUT2D eigenvalue weighted by Crippen LogP contribution is 2.43. The van der Waals surface area contributed by atoms with E-state index in [1.54, 1.807) is 0 Å². The molecule has 2 heterocycles. The van der Waals surface area contributed by atoms with E-state index in [0.29, 0.717) is 18.4 Å². The maximum atomic E-state index is 13.4. The zero-order valence-electron chi connectivity index (χ0n) is 16.9. The van der Waals surface area contributed by atoms with Crippen LogP contribution in [0.3, 0.4) is 0 Å². The average molecular weight is 453 g/mol. The third-order valence-corrected chi connectivity index (χ3v) is 6.06. The van der Waals surface area contributed by atoms with Gasteiger partial charge in [0.05, 0.1) is 17.1 Å². The summed E-state index contributed by atoms with van der Waals surface area (Å²) in [5.41, 5.74) is 0.456. The van der Waals surface area contributed by atoms with Gasteiger partial charge in [-0.05, 0) is 55.7 Å². The number of carbonyl (C=O) groups is 1. The Morgan fingerprint density at radius 2 is 1.94 bits per heavy atom. The number of rotatable bonds is 6. The highest BCUT2D eigenvalue weighted by Gasteiger charge is 2.31. The molecule has 0 amide bonds. The first-order valence-electron chi connectivity index (χ1n) is 9.97. The van der Waals surface area contributed by atoms with Crippen molar-refractivity contribution in [3.63, 3.8) is 0 Å². The molecular formula is C21H25FN2O6S. The molecule has 1 saturated carbocycles. The van der Waals surface area contributed by atoms with Crippen LogP contribution in [0.15, 0.2) is 41.4 Å². The number of aromatic carboxylic acids is 1. The van der Waals surface area contributed by atoms with E-state index in [1.165, 1.54) is 36.5 Å². The third-order valence-electron chi connectivity index (χ3n) is 5.09. The lowest BCUT2D eigenvalue weighted by Crippen LogP contribution is -2.21. The van der Waals surface area contributed by atoms with Gasteiger partial charge in [-0.25, -0.2) is 27.7 Å². The summed E-state index contributed by atoms with van der Waals surface area (Å²) in [6.07, 6.45) is 5.09. The molecule has 0 unspecified atom stereocenters. The van der Waals surface area contributed by atoms with Crippen LogP contribution in [0.25, 0.3) is 0 Å². The van der Waals surface area contributed by atoms with E-state index in [2.05, 4.69) is 4.98 Å². The molecule has 2 aliphatic rings. The van der Waals surface area contributed by atoms with E-state index in [1.807, 2.05) is 0 Å². The second-order valence-electron chi connectivity index (χ2n) is 7.53. The molecule has 1 aromatic heterocycles. The van der Waals surface area contributed by atoms with Gasteiger partial charge in [-0.1, -0.05) is 6.07 Å². The summed E-state index contributed by atoms with van der Waals surface area (Å²) in [6.45, 7) is 2.12. The molecule has 0 atom stereocenters. The van der Waals surface area contributed by atoms with Crippen molar-refractivity contribution in [2.45, 2.75) is 36.5 Å². The molecule has 1 aliphatic heterocycles. The molecule has 31 heavy (non-hydrogen) atoms. The van der Waals surface area contributed by atoms with Crippen molar-refractivity contribution in [2.24, 2.45) is 11.1 Å². The first-order chi connectivity index (χ1) is 14.8. The molecule has 4 rings (SSSR count). The second kappa shape index (κ2) is 10.2. The summed E-state index contributed by atoms with van der Waals surface area (Å²) in [5, 5.41) is 13.8. The van der Waals surface area contributed by atoms with E-state index in [0.717, 1.165) is 38.9 Å². The number of ether oxygens (including phenoxy) is 2. The maximum absolute atomic E-state index is 13.4. The van der Waals surface area contributed by atoms with Crippen LogP contribution in [0.5, 0.6) is 5.88 Å². The molecule has 10 heteroatoms. The number of primary sulfonamides is 1. The highest BCUT2D eigenvalue weighted by molar-refractivity contribution is 7.89. The Hall–Kier alpha value is -2.56. The van der Waals surface area contributed by atoms with Gasteiger partial charge in [0.1, 0.15) is 5.82 Å². The minimum Gasteiger partial charge on any atom is -0.478 e. The smallest absolute Gasteiger partial charge is 0.335 e. The van der Waals surface area contributed by atoms with Crippen LogP contribution >= 0.6 is 0 Å². The van der Waals surface area contributed by atoms with E-state index in [-0.39, 0.29) is 21.9 Å². The second-order valence-corrected chi connectivity index (χ2v) is 9.06. The molecule has 8 nitrogen and oxygen atoms in total. The zero-order valence-corrected chi connectivity index (χ0v) is 17.7. The summed E-state index contributed by atoms with van der Waals surface area (Å²) in [7, 11) is -3.80. The Balaban J connectivity index is 0.000000179. The van der Waals surface area contributed by atoms with Gasteiger partial charge < -0.3 is 14.6 Å². The van der Waals surface area contributed by atoms with Gasteiger partial charge in [0.15, 0.2) is 0 Å². The zero-order chi connectivity index (χ0) is 22.4. The molecule has 1 aromatic carbocycles. The number of nitrogens with zero attached hydrogens (tertiary/aromatic N) is 1. The molecule has 2 aromatic rings. The molecule has 1 aliphatic carbocycles. The topological polar surface area (TPSA) is 129 Å². The maximum Gasteiger partial charge on any atom is 0.335 e. The number of nitrogens with two attached hydrogens (primary N) is 1. The molecule has 1 saturated heterocycles. The SMILES string of the molecule is NS(=O)(=O)c1cccc(F)c1C1CC1.O=C(O)c1ccnc(OCC2CCOCC2)c1. The van der Waals surface area contributed by atoms with Gasteiger partial charge in [-0.3, -0.25) is 0 Å². The quantitative estimate of drug-likeness (QED) is 0.689. The number of sulfonamides is 1. The molecule has 2 fully saturated rings. The number of aromatic nitrogens is 1. The summed E-state index contributed by atoms with van der Waals surface area (Å²) in [5.74, 6) is -0.567. The van der Waals surface area contributed by atoms with Crippen molar-refractivity contribution in [2.75, 3.05) is 19.8 Å². The highest BCUT2D eigenvalue weighted by atomic mass is 32.2. The molecule has 0 spiro atoms. The van der Waals surface area contributed by atoms with Crippen LogP contribution < -0.4 is 9.88 Å². The number of carboxylic acid groups (broad SMARTS) is 1. The summed E-state index contributed by atoms with van der Waals surface area (Å²) in [6, 6.07) is 6.88. The number of carboxylic acids is 1. The first kappa shape index (κ1) is 23.1. The molecule has 0 radical (unpaired) electrons. The van der Waals surface area contributed by atoms with Crippen molar-refractivity contribution in [3.8, 4) is 5.88 Å². The summed E-state index contributed by atoms with van der Waals surface area (Å²) >= 11 is 0. The van der Waals surface area contributed by atoms with E-state index in [4.69, 9.17) is 19.7 Å². The van der Waals surface area contributed by atoms with Crippen LogP contribution in [0.2, 0.25) is 0 Å². The Labute approximate surface area is 180 Å². The van der Waals surface area contributed by atoms with Gasteiger partial charge in [0, 0.05) is 31.0 Å². The minimum absolute atomic E-state index is 0.0320. The molecule has 3 N–H and O–H groups in total. The largest absolute Gasteiger partial charge is 0.478 e. The van der Waals surface area contributed by atoms with Crippen molar-refractivity contribution in [1.29, 1.82) is 0 Å². The third kappa shape index (κ3) is 6.71. The van der Waals surface area contributed by atoms with Crippen LogP contribution in [-0.2, 0) is 14.8 Å². The standard InChI is InChI=1S/C12H15NO4.C9H10FNO2S/c14-12(15)10-1-4-13-11(7-10)17-8-9-2-5-16-6-3-9;10-7-2-1-3-8(14(11,12)13)9(7)6-4-5-6/h1,4,7,9H,2-3,5-6,8H2,(H,14,15);1-3,6H,4-5H2,(H2,11,12,13). The van der Waals surface area contributed by atoms with E-state index < -0.39 is 21.8 Å². The Kier molecular flexibility index (Phi) is 7.58. The molecule has 0 bridgehead atoms. The first-order valence-corrected chi connectivity index (χ1v) is 11.5. The fourth-order valence-electron chi connectivity index (χ4n) is 3.27. The Morgan fingerprint density at radius 3 is 2.55 bits per heavy atom. The molecule has 168 valence electrons. The summed E-state index contributed by atoms with van der Waals surface area (Å²) in [4.78, 5) is 14.7. The lowest BCUT2D eigenvalue weighted by atomic mass is 10.0. The molecular weight excluding hydrogens is 427 g/mol. The number of halogens is 1. The predicted molar refractivity (Wildman–Crippen MR) is 110 cm³/mol. The van der Waals surface area contributed by atoms with Crippen LogP contribution in [0.1, 0.15) is 47.5 Å². The number of hydrogen-bond acceptors (Lipinski definition) is 6. The number of benzene rings is 1. The minimum atomic E-state index is -3.80. The van der Waals surface area contributed by atoms with Gasteiger partial charge in [-0.15, -0.1) is 0 Å². The van der Waals surface area contributed by atoms with E-state index in [9.17, 15) is 17.6 Å². The van der Waals surface area contributed by atoms with Crippen LogP contribution in [-0.4, -0.2) is 44.3 Å². The number of pyridine rings is 1. The van der Waals surface area contributed by atoms with Crippen LogP contribution in [0.4, 0.5) is 4.39 Å². The van der Waals surface area contributed by atoms with Crippen molar-refractivity contribution < 1.29 is 32.2 Å². The van der Waals surface area contributed by atoms with Crippen molar-refractivity contribution >= 4 is 16.0 Å². The average Bonchev–Trinajstić information content (AvgIpc) is 3.58. The van der Waals surface area contributed by atoms with Crippen molar-refractivity contribution in [3.05, 3.63) is 53.5 Å². The van der Waals surface area contributed by atoms with E-state index >= 15 is 0 Å². The summed E-state index contributed by atoms with van der Waals surface area (Å²) < 4.78 is 46.4. The monoisotopic (exact) mass is 452 g/mol. The fraction of sp³-hybridized carbons (Fsp3) is 0.429. The van der Waals surface area contributed by atoms with Gasteiger partial charge in [-0.2, -0.15) is 0 Å². The predicted octanol–water partition coefficient (Wildman–Crippen LogP) is 2.94. The Bertz CT molecular complexity index is 1020. The lowest BCUT2D eigenvalue weighted by molar-refractivity contribution is 0.0490. The lowest BCUT2D eigenvalue weighted by Gasteiger charge is -2.21. The van der Waals surface area contributed by atoms with Gasteiger partial charge in [0.2, 0.25) is 15.9 Å². The normalized spacial score (nSPS) is 16.8. The van der Waals surface area contributed by atoms with Gasteiger partial charge >= 0.3 is 5.97 Å². The Morgan fingerprint density at radius 1 is 1.23 bits per heavy atom. The van der Waals surface area contributed by atoms with Crippen molar-refractivity contribution in [1.82, 2.24) is 4.98 Å². The van der Waals surface area contributed by atoms with Crippen LogP contribution in [0, 0.1) is 11.7 Å². The van der Waals surface area contributed by atoms with Gasteiger partial charge in [0.25, 0.3) is 0 Å². The number of hydrogen-bond donors (Lipinski definition) is 2. The fourth-order valence-corrected chi connectivity index (χ4v) is 4.11.